The molecule has 0 fully saturated rings. The predicted molar refractivity (Wildman–Crippen MR) is 146 cm³/mol. The lowest BCUT2D eigenvalue weighted by atomic mass is 9.95. The van der Waals surface area contributed by atoms with Crippen LogP contribution in [0.2, 0.25) is 35.4 Å². The third-order valence-corrected chi connectivity index (χ3v) is 7.85. The summed E-state index contributed by atoms with van der Waals surface area (Å²) in [5.41, 5.74) is -0.483. The lowest BCUT2D eigenvalue weighted by molar-refractivity contribution is -0.140. The van der Waals surface area contributed by atoms with Gasteiger partial charge in [-0.2, -0.15) is 26.3 Å². The van der Waals surface area contributed by atoms with Crippen molar-refractivity contribution >= 4 is 98.6 Å². The Morgan fingerprint density at radius 2 is 1.37 bits per heavy atom. The Morgan fingerprint density at radius 3 is 1.85 bits per heavy atom. The minimum Gasteiger partial charge on any atom is -0.295 e. The minimum atomic E-state index is -5.25. The molecular weight excluding hydrogens is 715 g/mol. The van der Waals surface area contributed by atoms with Crippen molar-refractivity contribution in [3.63, 3.8) is 0 Å². The fraction of sp³-hybridized carbons (Fsp3) is 0.130. The van der Waals surface area contributed by atoms with Crippen molar-refractivity contribution in [3.05, 3.63) is 94.1 Å². The van der Waals surface area contributed by atoms with E-state index >= 15 is 4.39 Å². The molecule has 0 saturated carbocycles. The summed E-state index contributed by atoms with van der Waals surface area (Å²) in [5, 5.41) is -2.33. The normalized spacial score (nSPS) is 13.3. The van der Waals surface area contributed by atoms with Gasteiger partial charge in [0, 0.05) is 5.56 Å². The van der Waals surface area contributed by atoms with Gasteiger partial charge in [0.1, 0.15) is 21.8 Å². The smallest absolute Gasteiger partial charge is 0.295 e. The van der Waals surface area contributed by atoms with Crippen molar-refractivity contribution < 1.29 is 35.5 Å². The predicted octanol–water partition coefficient (Wildman–Crippen LogP) is 11.1. The summed E-state index contributed by atoms with van der Waals surface area (Å²) < 4.78 is 98.0. The van der Waals surface area contributed by atoms with Gasteiger partial charge in [0.05, 0.1) is 31.9 Å². The maximum Gasteiger partial charge on any atom is 0.417 e. The van der Waals surface area contributed by atoms with Crippen LogP contribution in [0.1, 0.15) is 33.0 Å². The van der Waals surface area contributed by atoms with E-state index < -0.39 is 52.3 Å². The summed E-state index contributed by atoms with van der Waals surface area (Å²) in [5.74, 6) is -5.78. The number of amides is 1. The van der Waals surface area contributed by atoms with E-state index in [2.05, 4.69) is 10.4 Å². The minimum absolute atomic E-state index is 0.0353. The van der Waals surface area contributed by atoms with Gasteiger partial charge in [-0.1, -0.05) is 87.3 Å². The van der Waals surface area contributed by atoms with E-state index in [1.54, 1.807) is 0 Å². The van der Waals surface area contributed by atoms with Crippen molar-refractivity contribution in [3.8, 4) is 0 Å². The molecular formula is C23H9Cl7F7N3O. The number of anilines is 1. The highest BCUT2D eigenvalue weighted by Crippen LogP contribution is 2.43. The maximum absolute atomic E-state index is 15.0. The third kappa shape index (κ3) is 7.76. The molecule has 4 nitrogen and oxygen atoms in total. The quantitative estimate of drug-likeness (QED) is 0.115. The summed E-state index contributed by atoms with van der Waals surface area (Å²) in [6, 6.07) is 2.97. The van der Waals surface area contributed by atoms with Gasteiger partial charge in [-0.05, 0) is 35.9 Å². The van der Waals surface area contributed by atoms with Crippen LogP contribution < -0.4 is 10.9 Å². The van der Waals surface area contributed by atoms with Gasteiger partial charge in [0.15, 0.2) is 10.3 Å². The van der Waals surface area contributed by atoms with E-state index in [1.165, 1.54) is 0 Å². The highest BCUT2D eigenvalue weighted by atomic mass is 35.5. The molecule has 1 atom stereocenters. The molecule has 0 saturated heterocycles. The van der Waals surface area contributed by atoms with Gasteiger partial charge in [0.2, 0.25) is 0 Å². The van der Waals surface area contributed by atoms with Crippen LogP contribution in [0.25, 0.3) is 5.83 Å². The Hall–Kier alpha value is -1.86. The van der Waals surface area contributed by atoms with E-state index in [0.29, 0.717) is 12.1 Å². The van der Waals surface area contributed by atoms with Crippen LogP contribution in [-0.4, -0.2) is 17.1 Å². The first-order valence-corrected chi connectivity index (χ1v) is 13.0. The number of halogens is 14. The molecule has 1 unspecified atom stereocenters. The molecule has 41 heavy (non-hydrogen) atoms. The molecule has 0 radical (unpaired) electrons. The number of nitrogens with one attached hydrogen (secondary N) is 2. The number of nitrogens with zero attached hydrogens (tertiary/aromatic N) is 1. The molecule has 0 aliphatic rings. The van der Waals surface area contributed by atoms with Crippen LogP contribution in [0.5, 0.6) is 0 Å². The van der Waals surface area contributed by atoms with E-state index in [1.807, 2.05) is 5.43 Å². The van der Waals surface area contributed by atoms with Crippen LogP contribution in [0.15, 0.2) is 36.4 Å². The maximum atomic E-state index is 15.0. The van der Waals surface area contributed by atoms with Crippen LogP contribution in [0, 0.1) is 0 Å². The van der Waals surface area contributed by atoms with Gasteiger partial charge < -0.3 is 0 Å². The monoisotopic (exact) mass is 721 g/mol. The first-order chi connectivity index (χ1) is 18.8. The summed E-state index contributed by atoms with van der Waals surface area (Å²) in [6.45, 7) is 0. The van der Waals surface area contributed by atoms with Crippen molar-refractivity contribution in [1.82, 2.24) is 10.4 Å². The standard InChI is InChI=1S/C23H9Cl7F7N3O/c24-12-4-8(5-13(25)15(12)26)10(22(32,33)34)6-14(31)7-1-2-9(11(3-7)23(35,36)37)21(41)40-39-18-16(27)19(29)38-20(30)17(18)28/h1-6,10H,(H,38,39)(H,40,41). The Morgan fingerprint density at radius 1 is 0.829 bits per heavy atom. The number of aromatic nitrogens is 1. The second-order valence-corrected chi connectivity index (χ2v) is 10.5. The molecule has 1 aromatic heterocycles. The van der Waals surface area contributed by atoms with Crippen LogP contribution in [-0.2, 0) is 6.18 Å². The lowest BCUT2D eigenvalue weighted by Crippen LogP contribution is -2.31. The molecule has 2 aromatic carbocycles. The zero-order valence-electron chi connectivity index (χ0n) is 19.2. The Labute approximate surface area is 261 Å². The molecule has 3 rings (SSSR count). The molecule has 3 aromatic rings. The molecule has 0 spiro atoms. The van der Waals surface area contributed by atoms with Crippen LogP contribution in [0.4, 0.5) is 36.4 Å². The molecule has 18 heteroatoms. The summed E-state index contributed by atoms with van der Waals surface area (Å²) in [7, 11) is 0. The number of alkyl halides is 6. The van der Waals surface area contributed by atoms with Gasteiger partial charge in [-0.3, -0.25) is 15.6 Å². The number of benzene rings is 2. The number of pyridine rings is 1. The molecule has 0 bridgehead atoms. The largest absolute Gasteiger partial charge is 0.417 e. The fourth-order valence-electron chi connectivity index (χ4n) is 3.29. The Kier molecular flexibility index (Phi) is 10.5. The number of carbonyl (C=O) groups excluding carboxylic acids is 1. The number of allylic oxidation sites excluding steroid dienone is 1. The number of rotatable bonds is 6. The molecule has 1 heterocycles. The van der Waals surface area contributed by atoms with Gasteiger partial charge in [-0.25, -0.2) is 9.37 Å². The van der Waals surface area contributed by atoms with Crippen molar-refractivity contribution in [2.24, 2.45) is 0 Å². The molecule has 2 N–H and O–H groups in total. The van der Waals surface area contributed by atoms with E-state index in [4.69, 9.17) is 81.2 Å². The highest BCUT2D eigenvalue weighted by molar-refractivity contribution is 6.49. The van der Waals surface area contributed by atoms with E-state index in [0.717, 1.165) is 12.1 Å². The van der Waals surface area contributed by atoms with Gasteiger partial charge in [0.25, 0.3) is 5.91 Å². The SMILES string of the molecule is O=C(NNc1c(Cl)c(Cl)nc(Cl)c1Cl)c1ccc(C(F)=CC(c2cc(Cl)c(Cl)c(Cl)c2)C(F)(F)F)cc1C(F)(F)F. The number of hydrazine groups is 1. The van der Waals surface area contributed by atoms with Crippen molar-refractivity contribution in [2.45, 2.75) is 18.3 Å². The summed E-state index contributed by atoms with van der Waals surface area (Å²) >= 11 is 40.7. The zero-order valence-corrected chi connectivity index (χ0v) is 24.5. The van der Waals surface area contributed by atoms with E-state index in [9.17, 15) is 31.1 Å². The van der Waals surface area contributed by atoms with Crippen LogP contribution >= 0.6 is 81.2 Å². The number of carbonyl (C=O) groups is 1. The topological polar surface area (TPSA) is 54.0 Å². The van der Waals surface area contributed by atoms with Gasteiger partial charge >= 0.3 is 12.4 Å². The number of hydrogen-bond donors (Lipinski definition) is 2. The summed E-state index contributed by atoms with van der Waals surface area (Å²) in [4.78, 5) is 16.2. The number of hydrogen-bond acceptors (Lipinski definition) is 3. The van der Waals surface area contributed by atoms with Crippen LogP contribution in [0.3, 0.4) is 0 Å². The van der Waals surface area contributed by atoms with Crippen molar-refractivity contribution in [2.75, 3.05) is 5.43 Å². The average molecular weight is 725 g/mol. The molecule has 1 amide bonds. The Bertz CT molecular complexity index is 1500. The molecule has 0 aliphatic carbocycles. The fourth-order valence-corrected chi connectivity index (χ4v) is 4.72. The molecule has 0 aliphatic heterocycles. The summed E-state index contributed by atoms with van der Waals surface area (Å²) in [6.07, 6.45) is -10.3. The third-order valence-electron chi connectivity index (χ3n) is 5.17. The Balaban J connectivity index is 2.01. The highest BCUT2D eigenvalue weighted by Gasteiger charge is 2.41. The average Bonchev–Trinajstić information content (AvgIpc) is 2.87. The van der Waals surface area contributed by atoms with E-state index in [-0.39, 0.29) is 53.2 Å². The van der Waals surface area contributed by atoms with Crippen molar-refractivity contribution in [1.29, 1.82) is 0 Å². The second-order valence-electron chi connectivity index (χ2n) is 7.87. The second kappa shape index (κ2) is 12.8. The van der Waals surface area contributed by atoms with Gasteiger partial charge in [-0.15, -0.1) is 0 Å². The lowest BCUT2D eigenvalue weighted by Gasteiger charge is -2.19. The zero-order chi connectivity index (χ0) is 31.0. The first kappa shape index (κ1) is 33.6. The first-order valence-electron chi connectivity index (χ1n) is 10.4. The molecule has 220 valence electrons.